The Balaban J connectivity index is 2.27. The minimum absolute atomic E-state index is 0.309. The van der Waals surface area contributed by atoms with Crippen molar-refractivity contribution in [2.24, 2.45) is 0 Å². The van der Waals surface area contributed by atoms with E-state index in [2.05, 4.69) is 4.98 Å². The van der Waals surface area contributed by atoms with Crippen LogP contribution >= 0.6 is 0 Å². The quantitative estimate of drug-likeness (QED) is 0.869. The Hall–Kier alpha value is -1.72. The zero-order chi connectivity index (χ0) is 14.8. The number of nitrogens with zero attached hydrogens (tertiary/aromatic N) is 2. The Morgan fingerprint density at radius 2 is 1.90 bits per heavy atom. The molecule has 2 rings (SSSR count). The van der Waals surface area contributed by atoms with Gasteiger partial charge in [0.2, 0.25) is 10.0 Å². The lowest BCUT2D eigenvalue weighted by Gasteiger charge is -2.17. The van der Waals surface area contributed by atoms with Gasteiger partial charge in [0.15, 0.2) is 0 Å². The van der Waals surface area contributed by atoms with Crippen LogP contribution in [0, 0.1) is 13.8 Å². The van der Waals surface area contributed by atoms with E-state index >= 15 is 0 Å². The molecule has 0 saturated carbocycles. The van der Waals surface area contributed by atoms with Crippen molar-refractivity contribution in [1.29, 1.82) is 0 Å². The summed E-state index contributed by atoms with van der Waals surface area (Å²) in [5.41, 5.74) is 2.92. The molecule has 0 saturated heterocycles. The number of sulfonamides is 1. The van der Waals surface area contributed by atoms with Crippen molar-refractivity contribution < 1.29 is 8.42 Å². The Bertz CT molecular complexity index is 697. The third kappa shape index (κ3) is 3.05. The van der Waals surface area contributed by atoms with Gasteiger partial charge in [0, 0.05) is 26.0 Å². The first-order chi connectivity index (χ1) is 9.41. The number of benzene rings is 1. The molecule has 0 amide bonds. The normalized spacial score (nSPS) is 11.8. The molecule has 1 aromatic carbocycles. The molecule has 5 heteroatoms. The van der Waals surface area contributed by atoms with E-state index in [0.29, 0.717) is 11.4 Å². The Kier molecular flexibility index (Phi) is 4.20. The third-order valence-electron chi connectivity index (χ3n) is 3.31. The van der Waals surface area contributed by atoms with Crippen LogP contribution < -0.4 is 0 Å². The summed E-state index contributed by atoms with van der Waals surface area (Å²) in [5.74, 6) is 0. The lowest BCUT2D eigenvalue weighted by molar-refractivity contribution is 0.466. The molecule has 20 heavy (non-hydrogen) atoms. The fourth-order valence-electron chi connectivity index (χ4n) is 1.89. The lowest BCUT2D eigenvalue weighted by Crippen LogP contribution is -2.26. The van der Waals surface area contributed by atoms with E-state index in [-0.39, 0.29) is 0 Å². The Labute approximate surface area is 120 Å². The molecule has 0 N–H and O–H groups in total. The Morgan fingerprint density at radius 3 is 2.50 bits per heavy atom. The van der Waals surface area contributed by atoms with Crippen molar-refractivity contribution in [2.75, 3.05) is 7.05 Å². The number of hydrogen-bond acceptors (Lipinski definition) is 3. The van der Waals surface area contributed by atoms with Crippen LogP contribution in [-0.4, -0.2) is 24.8 Å². The van der Waals surface area contributed by atoms with Crippen molar-refractivity contribution >= 4 is 10.0 Å². The summed E-state index contributed by atoms with van der Waals surface area (Å²) in [4.78, 5) is 4.32. The van der Waals surface area contributed by atoms with E-state index in [4.69, 9.17) is 0 Å². The standard InChI is InChI=1S/C15H18N2O2S/c1-12-6-7-15(9-13(12)2)20(18,19)17(3)11-14-5-4-8-16-10-14/h4-10H,11H2,1-3H3. The predicted octanol–water partition coefficient (Wildman–Crippen LogP) is 2.52. The molecule has 0 bridgehead atoms. The topological polar surface area (TPSA) is 50.3 Å². The van der Waals surface area contributed by atoms with Crippen molar-refractivity contribution in [3.8, 4) is 0 Å². The SMILES string of the molecule is Cc1ccc(S(=O)(=O)N(C)Cc2cccnc2)cc1C. The average Bonchev–Trinajstić information content (AvgIpc) is 2.42. The molecular formula is C15H18N2O2S. The molecule has 1 heterocycles. The first-order valence-electron chi connectivity index (χ1n) is 6.34. The fraction of sp³-hybridized carbons (Fsp3) is 0.267. The van der Waals surface area contributed by atoms with E-state index in [1.807, 2.05) is 26.0 Å². The van der Waals surface area contributed by atoms with Crippen molar-refractivity contribution in [3.63, 3.8) is 0 Å². The molecule has 0 aliphatic heterocycles. The lowest BCUT2D eigenvalue weighted by atomic mass is 10.1. The zero-order valence-corrected chi connectivity index (χ0v) is 12.7. The van der Waals surface area contributed by atoms with Gasteiger partial charge in [-0.2, -0.15) is 4.31 Å². The molecular weight excluding hydrogens is 272 g/mol. The number of aryl methyl sites for hydroxylation is 2. The maximum atomic E-state index is 12.5. The summed E-state index contributed by atoms with van der Waals surface area (Å²) in [5, 5.41) is 0. The van der Waals surface area contributed by atoms with Gasteiger partial charge in [0.1, 0.15) is 0 Å². The highest BCUT2D eigenvalue weighted by Crippen LogP contribution is 2.19. The van der Waals surface area contributed by atoms with Crippen molar-refractivity contribution in [3.05, 3.63) is 59.4 Å². The molecule has 106 valence electrons. The molecule has 0 radical (unpaired) electrons. The van der Waals surface area contributed by atoms with Crippen molar-refractivity contribution in [2.45, 2.75) is 25.3 Å². The molecule has 1 aromatic heterocycles. The summed E-state index contributed by atoms with van der Waals surface area (Å²) in [6.07, 6.45) is 3.34. The highest BCUT2D eigenvalue weighted by molar-refractivity contribution is 7.89. The number of pyridine rings is 1. The summed E-state index contributed by atoms with van der Waals surface area (Å²) < 4.78 is 26.4. The molecule has 0 aliphatic rings. The second kappa shape index (κ2) is 5.73. The van der Waals surface area contributed by atoms with Gasteiger partial charge in [0.25, 0.3) is 0 Å². The zero-order valence-electron chi connectivity index (χ0n) is 11.9. The van der Waals surface area contributed by atoms with Crippen LogP contribution in [0.15, 0.2) is 47.6 Å². The van der Waals surface area contributed by atoms with Crippen LogP contribution in [0.5, 0.6) is 0 Å². The Morgan fingerprint density at radius 1 is 1.15 bits per heavy atom. The maximum absolute atomic E-state index is 12.5. The summed E-state index contributed by atoms with van der Waals surface area (Å²) in [6.45, 7) is 4.18. The maximum Gasteiger partial charge on any atom is 0.243 e. The molecule has 0 atom stereocenters. The predicted molar refractivity (Wildman–Crippen MR) is 78.8 cm³/mol. The van der Waals surface area contributed by atoms with Gasteiger partial charge in [0.05, 0.1) is 4.90 Å². The van der Waals surface area contributed by atoms with Gasteiger partial charge in [-0.1, -0.05) is 12.1 Å². The van der Waals surface area contributed by atoms with Crippen LogP contribution in [0.4, 0.5) is 0 Å². The average molecular weight is 290 g/mol. The second-order valence-corrected chi connectivity index (χ2v) is 6.91. The van der Waals surface area contributed by atoms with E-state index < -0.39 is 10.0 Å². The molecule has 0 aliphatic carbocycles. The largest absolute Gasteiger partial charge is 0.264 e. The summed E-state index contributed by atoms with van der Waals surface area (Å²) >= 11 is 0. The van der Waals surface area contributed by atoms with E-state index in [1.54, 1.807) is 37.6 Å². The number of hydrogen-bond donors (Lipinski definition) is 0. The van der Waals surface area contributed by atoms with Gasteiger partial charge in [-0.25, -0.2) is 8.42 Å². The van der Waals surface area contributed by atoms with Gasteiger partial charge in [-0.05, 0) is 48.7 Å². The smallest absolute Gasteiger partial charge is 0.243 e. The summed E-state index contributed by atoms with van der Waals surface area (Å²) in [6, 6.07) is 8.85. The van der Waals surface area contributed by atoms with E-state index in [1.165, 1.54) is 4.31 Å². The van der Waals surface area contributed by atoms with Gasteiger partial charge in [-0.3, -0.25) is 4.98 Å². The minimum atomic E-state index is -3.47. The monoisotopic (exact) mass is 290 g/mol. The highest BCUT2D eigenvalue weighted by Gasteiger charge is 2.21. The molecule has 0 unspecified atom stereocenters. The second-order valence-electron chi connectivity index (χ2n) is 4.87. The first-order valence-corrected chi connectivity index (χ1v) is 7.78. The third-order valence-corrected chi connectivity index (χ3v) is 5.11. The van der Waals surface area contributed by atoms with Gasteiger partial charge < -0.3 is 0 Å². The van der Waals surface area contributed by atoms with Crippen LogP contribution in [0.2, 0.25) is 0 Å². The van der Waals surface area contributed by atoms with Crippen LogP contribution in [0.3, 0.4) is 0 Å². The van der Waals surface area contributed by atoms with Crippen LogP contribution in [0.1, 0.15) is 16.7 Å². The van der Waals surface area contributed by atoms with Crippen LogP contribution in [-0.2, 0) is 16.6 Å². The molecule has 2 aromatic rings. The summed E-state index contributed by atoms with van der Waals surface area (Å²) in [7, 11) is -1.89. The van der Waals surface area contributed by atoms with Gasteiger partial charge in [-0.15, -0.1) is 0 Å². The molecule has 4 nitrogen and oxygen atoms in total. The minimum Gasteiger partial charge on any atom is -0.264 e. The molecule has 0 spiro atoms. The number of aromatic nitrogens is 1. The highest BCUT2D eigenvalue weighted by atomic mass is 32.2. The first kappa shape index (κ1) is 14.7. The number of rotatable bonds is 4. The van der Waals surface area contributed by atoms with Gasteiger partial charge >= 0.3 is 0 Å². The van der Waals surface area contributed by atoms with E-state index in [0.717, 1.165) is 16.7 Å². The van der Waals surface area contributed by atoms with Crippen LogP contribution in [0.25, 0.3) is 0 Å². The van der Waals surface area contributed by atoms with E-state index in [9.17, 15) is 8.42 Å². The fourth-order valence-corrected chi connectivity index (χ4v) is 3.13. The molecule has 0 fully saturated rings. The van der Waals surface area contributed by atoms with Crippen molar-refractivity contribution in [1.82, 2.24) is 9.29 Å².